The summed E-state index contributed by atoms with van der Waals surface area (Å²) in [5, 5.41) is 0.695. The molecular weight excluding hydrogens is 396 g/mol. The molecule has 4 aromatic rings. The van der Waals surface area contributed by atoms with Crippen LogP contribution in [-0.4, -0.2) is 31.9 Å². The Morgan fingerprint density at radius 1 is 1.10 bits per heavy atom. The molecule has 0 aliphatic carbocycles. The number of halogens is 1. The van der Waals surface area contributed by atoms with Crippen LogP contribution in [0.15, 0.2) is 73.1 Å². The van der Waals surface area contributed by atoms with Crippen molar-refractivity contribution in [2.75, 3.05) is 6.54 Å². The van der Waals surface area contributed by atoms with Crippen LogP contribution in [0.5, 0.6) is 0 Å². The molecular formula is C24H23ClN4O. The number of hydrogen-bond acceptors (Lipinski definition) is 2. The molecule has 1 aliphatic heterocycles. The number of carbonyl (C=O) groups excluding carboxylic acids is 1. The van der Waals surface area contributed by atoms with Crippen LogP contribution in [0.2, 0.25) is 5.02 Å². The second kappa shape index (κ2) is 8.00. The summed E-state index contributed by atoms with van der Waals surface area (Å²) < 4.78 is 2.09. The van der Waals surface area contributed by atoms with Gasteiger partial charge in [-0.25, -0.2) is 4.98 Å². The van der Waals surface area contributed by atoms with Crippen LogP contribution in [0, 0.1) is 0 Å². The molecule has 152 valence electrons. The number of fused-ring (bicyclic) bond motifs is 1. The van der Waals surface area contributed by atoms with E-state index in [0.29, 0.717) is 11.4 Å². The fraction of sp³-hybridized carbons (Fsp3) is 0.250. The van der Waals surface area contributed by atoms with Crippen LogP contribution in [0.4, 0.5) is 0 Å². The van der Waals surface area contributed by atoms with Gasteiger partial charge in [-0.15, -0.1) is 0 Å². The molecule has 2 atom stereocenters. The number of hydrogen-bond donors (Lipinski definition) is 1. The van der Waals surface area contributed by atoms with Crippen molar-refractivity contribution in [2.45, 2.75) is 31.3 Å². The largest absolute Gasteiger partial charge is 0.346 e. The molecule has 1 aliphatic rings. The maximum Gasteiger partial charge on any atom is 0.225 e. The first-order chi connectivity index (χ1) is 14.7. The van der Waals surface area contributed by atoms with Gasteiger partial charge in [0, 0.05) is 24.0 Å². The van der Waals surface area contributed by atoms with Gasteiger partial charge < -0.3 is 14.5 Å². The maximum atomic E-state index is 13.4. The Kier molecular flexibility index (Phi) is 5.05. The first-order valence-electron chi connectivity index (χ1n) is 10.3. The van der Waals surface area contributed by atoms with Gasteiger partial charge in [-0.2, -0.15) is 0 Å². The van der Waals surface area contributed by atoms with Crippen molar-refractivity contribution >= 4 is 28.5 Å². The summed E-state index contributed by atoms with van der Waals surface area (Å²) in [7, 11) is 0. The summed E-state index contributed by atoms with van der Waals surface area (Å²) in [6.07, 6.45) is 6.33. The monoisotopic (exact) mass is 418 g/mol. The summed E-state index contributed by atoms with van der Waals surface area (Å²) >= 11 is 6.08. The van der Waals surface area contributed by atoms with Crippen LogP contribution in [0.3, 0.4) is 0 Å². The Balaban J connectivity index is 1.41. The summed E-state index contributed by atoms with van der Waals surface area (Å²) in [5.41, 5.74) is 3.03. The van der Waals surface area contributed by atoms with Crippen molar-refractivity contribution in [2.24, 2.45) is 0 Å². The van der Waals surface area contributed by atoms with E-state index in [0.717, 1.165) is 41.8 Å². The highest BCUT2D eigenvalue weighted by Gasteiger charge is 2.33. The number of rotatable bonds is 5. The zero-order valence-electron chi connectivity index (χ0n) is 16.5. The minimum absolute atomic E-state index is 0.000398. The molecule has 5 nitrogen and oxygen atoms in total. The number of nitrogens with zero attached hydrogens (tertiary/aromatic N) is 3. The molecule has 5 rings (SSSR count). The zero-order chi connectivity index (χ0) is 20.5. The molecule has 0 radical (unpaired) electrons. The molecule has 1 fully saturated rings. The average Bonchev–Trinajstić information content (AvgIpc) is 3.52. The summed E-state index contributed by atoms with van der Waals surface area (Å²) in [5.74, 6) is 1.03. The number of likely N-dealkylation sites (tertiary alicyclic amines) is 1. The predicted molar refractivity (Wildman–Crippen MR) is 118 cm³/mol. The predicted octanol–water partition coefficient (Wildman–Crippen LogP) is 5.36. The number of imidazole rings is 1. The van der Waals surface area contributed by atoms with Gasteiger partial charge in [0.15, 0.2) is 0 Å². The van der Waals surface area contributed by atoms with Gasteiger partial charge in [0.05, 0.1) is 29.5 Å². The normalized spacial score (nSPS) is 17.5. The molecule has 1 amide bonds. The van der Waals surface area contributed by atoms with Crippen molar-refractivity contribution in [3.8, 4) is 0 Å². The number of aromatic amines is 1. The quantitative estimate of drug-likeness (QED) is 0.474. The van der Waals surface area contributed by atoms with Crippen LogP contribution in [0.25, 0.3) is 11.0 Å². The minimum Gasteiger partial charge on any atom is -0.346 e. The van der Waals surface area contributed by atoms with E-state index < -0.39 is 0 Å². The Morgan fingerprint density at radius 2 is 1.87 bits per heavy atom. The Bertz CT molecular complexity index is 1120. The lowest BCUT2D eigenvalue weighted by Gasteiger charge is -2.27. The number of H-pyrrole nitrogens is 1. The second-order valence-corrected chi connectivity index (χ2v) is 8.22. The highest BCUT2D eigenvalue weighted by atomic mass is 35.5. The fourth-order valence-corrected chi connectivity index (χ4v) is 4.52. The molecule has 2 aromatic heterocycles. The topological polar surface area (TPSA) is 53.9 Å². The highest BCUT2D eigenvalue weighted by Crippen LogP contribution is 2.34. The van der Waals surface area contributed by atoms with E-state index in [1.807, 2.05) is 78.0 Å². The smallest absolute Gasteiger partial charge is 0.225 e. The molecule has 0 spiro atoms. The van der Waals surface area contributed by atoms with E-state index in [-0.39, 0.29) is 18.0 Å². The second-order valence-electron chi connectivity index (χ2n) is 7.79. The number of amides is 1. The zero-order valence-corrected chi connectivity index (χ0v) is 17.3. The molecule has 3 heterocycles. The van der Waals surface area contributed by atoms with Gasteiger partial charge >= 0.3 is 0 Å². The molecule has 0 bridgehead atoms. The summed E-state index contributed by atoms with van der Waals surface area (Å²) in [6.45, 7) is 0.763. The van der Waals surface area contributed by atoms with Gasteiger partial charge in [0.1, 0.15) is 5.82 Å². The van der Waals surface area contributed by atoms with Crippen molar-refractivity contribution in [3.05, 3.63) is 89.5 Å². The van der Waals surface area contributed by atoms with Crippen molar-refractivity contribution in [3.63, 3.8) is 0 Å². The molecule has 6 heteroatoms. The summed E-state index contributed by atoms with van der Waals surface area (Å²) in [6, 6.07) is 19.7. The SMILES string of the molecule is O=C(C[C@H](c1ccc(Cl)cc1)n1cccc1)N1CCC[C@H]1c1nc2ccccc2[nH]1. The number of carbonyl (C=O) groups is 1. The maximum absolute atomic E-state index is 13.4. The van der Waals surface area contributed by atoms with Crippen molar-refractivity contribution < 1.29 is 4.79 Å². The van der Waals surface area contributed by atoms with Crippen molar-refractivity contribution in [1.82, 2.24) is 19.4 Å². The number of aromatic nitrogens is 3. The Labute approximate surface area is 180 Å². The number of benzene rings is 2. The van der Waals surface area contributed by atoms with Crippen LogP contribution >= 0.6 is 11.6 Å². The van der Waals surface area contributed by atoms with Crippen LogP contribution in [0.1, 0.15) is 42.7 Å². The molecule has 2 aromatic carbocycles. The van der Waals surface area contributed by atoms with Crippen LogP contribution in [-0.2, 0) is 4.79 Å². The fourth-order valence-electron chi connectivity index (χ4n) is 4.40. The lowest BCUT2D eigenvalue weighted by Crippen LogP contribution is -2.33. The Morgan fingerprint density at radius 3 is 2.63 bits per heavy atom. The van der Waals surface area contributed by atoms with Gasteiger partial charge in [-0.3, -0.25) is 4.79 Å². The third-order valence-electron chi connectivity index (χ3n) is 5.91. The van der Waals surface area contributed by atoms with Gasteiger partial charge in [-0.05, 0) is 54.8 Å². The lowest BCUT2D eigenvalue weighted by molar-refractivity contribution is -0.132. The van der Waals surface area contributed by atoms with E-state index in [1.165, 1.54) is 0 Å². The third-order valence-corrected chi connectivity index (χ3v) is 6.16. The molecule has 0 saturated carbocycles. The molecule has 30 heavy (non-hydrogen) atoms. The average molecular weight is 419 g/mol. The Hall–Kier alpha value is -3.05. The number of nitrogens with one attached hydrogen (secondary N) is 1. The molecule has 0 unspecified atom stereocenters. The first-order valence-corrected chi connectivity index (χ1v) is 10.7. The van der Waals surface area contributed by atoms with Crippen LogP contribution < -0.4 is 0 Å². The number of para-hydroxylation sites is 2. The molecule has 1 N–H and O–H groups in total. The van der Waals surface area contributed by atoms with Gasteiger partial charge in [0.2, 0.25) is 5.91 Å². The third kappa shape index (κ3) is 3.61. The van der Waals surface area contributed by atoms with E-state index >= 15 is 0 Å². The summed E-state index contributed by atoms with van der Waals surface area (Å²) in [4.78, 5) is 23.6. The van der Waals surface area contributed by atoms with Gasteiger partial charge in [0.25, 0.3) is 0 Å². The van der Waals surface area contributed by atoms with E-state index in [4.69, 9.17) is 16.6 Å². The highest BCUT2D eigenvalue weighted by molar-refractivity contribution is 6.30. The van der Waals surface area contributed by atoms with Gasteiger partial charge in [-0.1, -0.05) is 35.9 Å². The van der Waals surface area contributed by atoms with E-state index in [2.05, 4.69) is 9.55 Å². The van der Waals surface area contributed by atoms with Crippen molar-refractivity contribution in [1.29, 1.82) is 0 Å². The van der Waals surface area contributed by atoms with E-state index in [9.17, 15) is 4.79 Å². The molecule has 1 saturated heterocycles. The van der Waals surface area contributed by atoms with E-state index in [1.54, 1.807) is 0 Å². The minimum atomic E-state index is -0.0679. The lowest BCUT2D eigenvalue weighted by atomic mass is 10.0. The first kappa shape index (κ1) is 18.9. The standard InChI is InChI=1S/C24H23ClN4O/c25-18-11-9-17(10-12-18)22(28-13-3-4-14-28)16-23(30)29-15-5-8-21(29)24-26-19-6-1-2-7-20(19)27-24/h1-4,6-7,9-14,21-22H,5,8,15-16H2,(H,26,27)/t21-,22+/m0/s1.